The number of benzene rings is 2. The summed E-state index contributed by atoms with van der Waals surface area (Å²) in [5.41, 5.74) is 2.17. The van der Waals surface area contributed by atoms with Crippen molar-refractivity contribution in [1.82, 2.24) is 0 Å². The van der Waals surface area contributed by atoms with Crippen LogP contribution in [0.3, 0.4) is 0 Å². The molecule has 106 valence electrons. The van der Waals surface area contributed by atoms with Gasteiger partial charge in [0, 0.05) is 15.6 Å². The van der Waals surface area contributed by atoms with Crippen molar-refractivity contribution < 1.29 is 0 Å². The number of thioether (sulfide) groups is 1. The fraction of sp³-hybridized carbons (Fsp3) is 0.235. The van der Waals surface area contributed by atoms with Gasteiger partial charge in [-0.1, -0.05) is 54.6 Å². The van der Waals surface area contributed by atoms with Gasteiger partial charge >= 0.3 is 0 Å². The molecule has 1 aliphatic rings. The van der Waals surface area contributed by atoms with E-state index in [2.05, 4.69) is 30.4 Å². The van der Waals surface area contributed by atoms with Crippen molar-refractivity contribution in [3.8, 4) is 6.07 Å². The van der Waals surface area contributed by atoms with E-state index in [0.717, 1.165) is 22.6 Å². The Labute approximate surface area is 134 Å². The monoisotopic (exact) mass is 314 g/mol. The Bertz CT molecular complexity index is 693. The Balaban J connectivity index is 2.09. The van der Waals surface area contributed by atoms with Crippen LogP contribution in [0.4, 0.5) is 5.69 Å². The molecule has 2 unspecified atom stereocenters. The lowest BCUT2D eigenvalue weighted by Crippen LogP contribution is -2.38. The number of hydrogen-bond donors (Lipinski definition) is 1. The first-order valence-electron chi connectivity index (χ1n) is 6.90. The molecule has 0 bridgehead atoms. The molecule has 4 heteroatoms. The summed E-state index contributed by atoms with van der Waals surface area (Å²) in [6.07, 6.45) is 0.767. The quantitative estimate of drug-likeness (QED) is 0.820. The van der Waals surface area contributed by atoms with Crippen molar-refractivity contribution in [2.45, 2.75) is 29.0 Å². The molecule has 0 saturated heterocycles. The second-order valence-corrected chi connectivity index (χ2v) is 6.89. The van der Waals surface area contributed by atoms with E-state index >= 15 is 0 Å². The van der Waals surface area contributed by atoms with Crippen LogP contribution in [0.1, 0.15) is 24.9 Å². The molecule has 0 aromatic heterocycles. The van der Waals surface area contributed by atoms with Gasteiger partial charge in [-0.2, -0.15) is 5.26 Å². The average molecular weight is 315 g/mol. The van der Waals surface area contributed by atoms with E-state index in [1.54, 1.807) is 11.8 Å². The highest BCUT2D eigenvalue weighted by molar-refractivity contribution is 8.01. The Morgan fingerprint density at radius 2 is 1.95 bits per heavy atom. The highest BCUT2D eigenvalue weighted by atomic mass is 35.5. The largest absolute Gasteiger partial charge is 0.375 e. The third-order valence-electron chi connectivity index (χ3n) is 3.86. The van der Waals surface area contributed by atoms with Crippen LogP contribution in [-0.2, 0) is 0 Å². The Morgan fingerprint density at radius 3 is 2.62 bits per heavy atom. The van der Waals surface area contributed by atoms with Crippen LogP contribution in [0.5, 0.6) is 0 Å². The third-order valence-corrected chi connectivity index (χ3v) is 5.67. The molecular formula is C17H15ClN2S. The lowest BCUT2D eigenvalue weighted by molar-refractivity contribution is 0.587. The number of rotatable bonds is 2. The van der Waals surface area contributed by atoms with E-state index in [1.165, 1.54) is 0 Å². The molecule has 1 heterocycles. The molecule has 0 saturated carbocycles. The molecule has 2 aromatic carbocycles. The summed E-state index contributed by atoms with van der Waals surface area (Å²) in [4.78, 5) is 1.13. The SMILES string of the molecule is CCC1(C#N)Sc2ccccc2NC1c1ccc(Cl)cc1. The molecule has 1 aliphatic heterocycles. The summed E-state index contributed by atoms with van der Waals surface area (Å²) >= 11 is 7.63. The Morgan fingerprint density at radius 1 is 1.24 bits per heavy atom. The number of fused-ring (bicyclic) bond motifs is 1. The van der Waals surface area contributed by atoms with E-state index in [4.69, 9.17) is 11.6 Å². The minimum absolute atomic E-state index is 0.0512. The van der Waals surface area contributed by atoms with Crippen LogP contribution >= 0.6 is 23.4 Å². The van der Waals surface area contributed by atoms with Gasteiger partial charge in [-0.05, 0) is 36.2 Å². The average Bonchev–Trinajstić information content (AvgIpc) is 2.54. The summed E-state index contributed by atoms with van der Waals surface area (Å²) in [5.74, 6) is 0. The predicted molar refractivity (Wildman–Crippen MR) is 88.7 cm³/mol. The van der Waals surface area contributed by atoms with Gasteiger partial charge in [0.25, 0.3) is 0 Å². The van der Waals surface area contributed by atoms with E-state index < -0.39 is 4.75 Å². The molecule has 0 aliphatic carbocycles. The molecule has 1 N–H and O–H groups in total. The molecular weight excluding hydrogens is 300 g/mol. The molecule has 0 radical (unpaired) electrons. The maximum absolute atomic E-state index is 9.82. The third kappa shape index (κ3) is 2.50. The van der Waals surface area contributed by atoms with Crippen molar-refractivity contribution in [2.24, 2.45) is 0 Å². The summed E-state index contributed by atoms with van der Waals surface area (Å²) < 4.78 is -0.512. The van der Waals surface area contributed by atoms with Gasteiger partial charge in [0.05, 0.1) is 12.1 Å². The summed E-state index contributed by atoms with van der Waals surface area (Å²) in [6.45, 7) is 2.06. The molecule has 0 fully saturated rings. The standard InChI is InChI=1S/C17H15ClN2S/c1-2-17(11-19)16(12-7-9-13(18)10-8-12)20-14-5-3-4-6-15(14)21-17/h3-10,16,20H,2H2,1H3. The van der Waals surface area contributed by atoms with Gasteiger partial charge in [0.15, 0.2) is 0 Å². The number of nitrogens with zero attached hydrogens (tertiary/aromatic N) is 1. The van der Waals surface area contributed by atoms with Crippen LogP contribution in [0.2, 0.25) is 5.02 Å². The van der Waals surface area contributed by atoms with Crippen LogP contribution < -0.4 is 5.32 Å². The summed E-state index contributed by atoms with van der Waals surface area (Å²) in [7, 11) is 0. The number of halogens is 1. The lowest BCUT2D eigenvalue weighted by Gasteiger charge is -2.40. The summed E-state index contributed by atoms with van der Waals surface area (Å²) in [5, 5.41) is 14.1. The van der Waals surface area contributed by atoms with Crippen molar-refractivity contribution in [3.05, 3.63) is 59.1 Å². The fourth-order valence-corrected chi connectivity index (χ4v) is 4.06. The number of nitrogens with one attached hydrogen (secondary N) is 1. The zero-order valence-corrected chi connectivity index (χ0v) is 13.2. The first-order chi connectivity index (χ1) is 10.2. The Kier molecular flexibility index (Phi) is 3.84. The van der Waals surface area contributed by atoms with Crippen LogP contribution in [-0.4, -0.2) is 4.75 Å². The lowest BCUT2D eigenvalue weighted by atomic mass is 9.90. The van der Waals surface area contributed by atoms with E-state index in [0.29, 0.717) is 5.02 Å². The van der Waals surface area contributed by atoms with Gasteiger partial charge in [-0.25, -0.2) is 0 Å². The summed E-state index contributed by atoms with van der Waals surface area (Å²) in [6, 6.07) is 18.4. The highest BCUT2D eigenvalue weighted by Gasteiger charge is 2.43. The molecule has 2 atom stereocenters. The molecule has 2 nitrogen and oxygen atoms in total. The second-order valence-electron chi connectivity index (χ2n) is 5.08. The van der Waals surface area contributed by atoms with E-state index in [9.17, 15) is 5.26 Å². The predicted octanol–water partition coefficient (Wildman–Crippen LogP) is 5.27. The van der Waals surface area contributed by atoms with Crippen LogP contribution in [0.15, 0.2) is 53.4 Å². The van der Waals surface area contributed by atoms with Gasteiger partial charge in [0.2, 0.25) is 0 Å². The Hall–Kier alpha value is -1.63. The zero-order chi connectivity index (χ0) is 14.9. The molecule has 0 amide bonds. The van der Waals surface area contributed by atoms with E-state index in [1.807, 2.05) is 36.4 Å². The minimum Gasteiger partial charge on any atom is -0.375 e. The van der Waals surface area contributed by atoms with Gasteiger partial charge in [-0.15, -0.1) is 0 Å². The van der Waals surface area contributed by atoms with Crippen molar-refractivity contribution in [3.63, 3.8) is 0 Å². The van der Waals surface area contributed by atoms with E-state index in [-0.39, 0.29) is 6.04 Å². The molecule has 3 rings (SSSR count). The van der Waals surface area contributed by atoms with Crippen molar-refractivity contribution in [1.29, 1.82) is 5.26 Å². The highest BCUT2D eigenvalue weighted by Crippen LogP contribution is 2.52. The van der Waals surface area contributed by atoms with Gasteiger partial charge in [0.1, 0.15) is 4.75 Å². The maximum Gasteiger partial charge on any atom is 0.131 e. The normalized spacial score (nSPS) is 23.8. The molecule has 2 aromatic rings. The second kappa shape index (κ2) is 5.63. The number of para-hydroxylation sites is 1. The molecule has 0 spiro atoms. The minimum atomic E-state index is -0.512. The van der Waals surface area contributed by atoms with Crippen molar-refractivity contribution in [2.75, 3.05) is 5.32 Å². The fourth-order valence-electron chi connectivity index (χ4n) is 2.65. The number of anilines is 1. The van der Waals surface area contributed by atoms with Crippen molar-refractivity contribution >= 4 is 29.1 Å². The van der Waals surface area contributed by atoms with Crippen LogP contribution in [0, 0.1) is 11.3 Å². The maximum atomic E-state index is 9.82. The number of hydrogen-bond acceptors (Lipinski definition) is 3. The number of nitriles is 1. The first-order valence-corrected chi connectivity index (χ1v) is 8.09. The zero-order valence-electron chi connectivity index (χ0n) is 11.6. The van der Waals surface area contributed by atoms with Gasteiger partial charge in [-0.3, -0.25) is 0 Å². The smallest absolute Gasteiger partial charge is 0.131 e. The van der Waals surface area contributed by atoms with Gasteiger partial charge < -0.3 is 5.32 Å². The first kappa shape index (κ1) is 14.3. The van der Waals surface area contributed by atoms with Crippen LogP contribution in [0.25, 0.3) is 0 Å². The topological polar surface area (TPSA) is 35.8 Å². The molecule has 21 heavy (non-hydrogen) atoms.